The first-order chi connectivity index (χ1) is 7.13. The molecule has 0 aliphatic rings. The van der Waals surface area contributed by atoms with E-state index in [9.17, 15) is 4.79 Å². The maximum absolute atomic E-state index is 11.2. The first kappa shape index (κ1) is 11.4. The number of anilines is 1. The minimum atomic E-state index is -0.603. The number of carbonyl (C=O) groups is 1. The SMILES string of the molecule is CCOC(=O)[C@H](C)Oc1ccc(N)cc1. The Balaban J connectivity index is 2.54. The Kier molecular flexibility index (Phi) is 3.97. The first-order valence-electron chi connectivity index (χ1n) is 4.82. The smallest absolute Gasteiger partial charge is 0.347 e. The molecule has 1 rings (SSSR count). The largest absolute Gasteiger partial charge is 0.479 e. The van der Waals surface area contributed by atoms with Crippen LogP contribution in [0, 0.1) is 0 Å². The zero-order valence-electron chi connectivity index (χ0n) is 8.90. The third kappa shape index (κ3) is 3.50. The highest BCUT2D eigenvalue weighted by Crippen LogP contribution is 2.14. The van der Waals surface area contributed by atoms with E-state index in [1.54, 1.807) is 38.1 Å². The van der Waals surface area contributed by atoms with Crippen molar-refractivity contribution in [2.75, 3.05) is 12.3 Å². The molecule has 15 heavy (non-hydrogen) atoms. The fourth-order valence-electron chi connectivity index (χ4n) is 1.06. The van der Waals surface area contributed by atoms with Gasteiger partial charge in [-0.05, 0) is 38.1 Å². The number of esters is 1. The van der Waals surface area contributed by atoms with Gasteiger partial charge in [0.15, 0.2) is 6.10 Å². The number of hydrogen-bond donors (Lipinski definition) is 1. The van der Waals surface area contributed by atoms with Crippen LogP contribution in [0.3, 0.4) is 0 Å². The van der Waals surface area contributed by atoms with Crippen LogP contribution in [-0.4, -0.2) is 18.7 Å². The predicted molar refractivity (Wildman–Crippen MR) is 57.6 cm³/mol. The lowest BCUT2D eigenvalue weighted by Crippen LogP contribution is -2.25. The van der Waals surface area contributed by atoms with Gasteiger partial charge in [0.25, 0.3) is 0 Å². The van der Waals surface area contributed by atoms with E-state index < -0.39 is 6.10 Å². The highest BCUT2D eigenvalue weighted by molar-refractivity contribution is 5.74. The van der Waals surface area contributed by atoms with Crippen LogP contribution >= 0.6 is 0 Å². The van der Waals surface area contributed by atoms with Gasteiger partial charge in [0, 0.05) is 5.69 Å². The van der Waals surface area contributed by atoms with Gasteiger partial charge in [-0.3, -0.25) is 0 Å². The van der Waals surface area contributed by atoms with Crippen molar-refractivity contribution in [1.29, 1.82) is 0 Å². The Labute approximate surface area is 89.0 Å². The second kappa shape index (κ2) is 5.24. The van der Waals surface area contributed by atoms with Crippen LogP contribution in [0.2, 0.25) is 0 Å². The summed E-state index contributed by atoms with van der Waals surface area (Å²) < 4.78 is 10.2. The monoisotopic (exact) mass is 209 g/mol. The molecular weight excluding hydrogens is 194 g/mol. The predicted octanol–water partition coefficient (Wildman–Crippen LogP) is 1.60. The van der Waals surface area contributed by atoms with Gasteiger partial charge in [0.05, 0.1) is 6.61 Å². The van der Waals surface area contributed by atoms with Crippen molar-refractivity contribution in [1.82, 2.24) is 0 Å². The standard InChI is InChI=1S/C11H15NO3/c1-3-14-11(13)8(2)15-10-6-4-9(12)5-7-10/h4-8H,3,12H2,1-2H3/t8-/m0/s1. The molecule has 1 aromatic carbocycles. The second-order valence-corrected chi connectivity index (χ2v) is 3.08. The molecule has 0 amide bonds. The summed E-state index contributed by atoms with van der Waals surface area (Å²) in [6.07, 6.45) is -0.603. The number of hydrogen-bond acceptors (Lipinski definition) is 4. The lowest BCUT2D eigenvalue weighted by atomic mass is 10.3. The number of carbonyl (C=O) groups excluding carboxylic acids is 1. The van der Waals surface area contributed by atoms with E-state index in [-0.39, 0.29) is 5.97 Å². The normalized spacial score (nSPS) is 11.9. The van der Waals surface area contributed by atoms with Crippen molar-refractivity contribution in [3.63, 3.8) is 0 Å². The quantitative estimate of drug-likeness (QED) is 0.604. The molecule has 0 aliphatic carbocycles. The van der Waals surface area contributed by atoms with Gasteiger partial charge in [-0.1, -0.05) is 0 Å². The fourth-order valence-corrected chi connectivity index (χ4v) is 1.06. The zero-order chi connectivity index (χ0) is 11.3. The van der Waals surface area contributed by atoms with Crippen molar-refractivity contribution in [2.45, 2.75) is 20.0 Å². The molecule has 0 radical (unpaired) electrons. The molecule has 0 saturated carbocycles. The average Bonchev–Trinajstić information content (AvgIpc) is 2.22. The number of nitrogen functional groups attached to an aromatic ring is 1. The molecule has 0 bridgehead atoms. The van der Waals surface area contributed by atoms with E-state index in [2.05, 4.69) is 0 Å². The van der Waals surface area contributed by atoms with Crippen LogP contribution in [0.15, 0.2) is 24.3 Å². The van der Waals surface area contributed by atoms with Gasteiger partial charge < -0.3 is 15.2 Å². The number of nitrogens with two attached hydrogens (primary N) is 1. The average molecular weight is 209 g/mol. The fraction of sp³-hybridized carbons (Fsp3) is 0.364. The summed E-state index contributed by atoms with van der Waals surface area (Å²) >= 11 is 0. The molecule has 0 aliphatic heterocycles. The molecule has 82 valence electrons. The number of rotatable bonds is 4. The Hall–Kier alpha value is -1.71. The molecule has 0 aromatic heterocycles. The molecule has 4 nitrogen and oxygen atoms in total. The molecule has 4 heteroatoms. The molecule has 2 N–H and O–H groups in total. The minimum Gasteiger partial charge on any atom is -0.479 e. The lowest BCUT2D eigenvalue weighted by molar-refractivity contribution is -0.150. The maximum Gasteiger partial charge on any atom is 0.347 e. The Morgan fingerprint density at radius 3 is 2.53 bits per heavy atom. The van der Waals surface area contributed by atoms with E-state index in [4.69, 9.17) is 15.2 Å². The van der Waals surface area contributed by atoms with Crippen molar-refractivity contribution in [3.05, 3.63) is 24.3 Å². The van der Waals surface area contributed by atoms with Crippen molar-refractivity contribution < 1.29 is 14.3 Å². The van der Waals surface area contributed by atoms with Gasteiger partial charge in [-0.2, -0.15) is 0 Å². The van der Waals surface area contributed by atoms with Gasteiger partial charge in [0.2, 0.25) is 0 Å². The summed E-state index contributed by atoms with van der Waals surface area (Å²) in [7, 11) is 0. The summed E-state index contributed by atoms with van der Waals surface area (Å²) in [4.78, 5) is 11.2. The summed E-state index contributed by atoms with van der Waals surface area (Å²) in [5.41, 5.74) is 6.18. The minimum absolute atomic E-state index is 0.355. The lowest BCUT2D eigenvalue weighted by Gasteiger charge is -2.13. The van der Waals surface area contributed by atoms with Crippen LogP contribution in [0.1, 0.15) is 13.8 Å². The van der Waals surface area contributed by atoms with Gasteiger partial charge in [-0.25, -0.2) is 4.79 Å². The molecular formula is C11H15NO3. The van der Waals surface area contributed by atoms with Crippen molar-refractivity contribution in [2.24, 2.45) is 0 Å². The molecule has 1 atom stereocenters. The summed E-state index contributed by atoms with van der Waals surface area (Å²) in [5, 5.41) is 0. The van der Waals surface area contributed by atoms with Crippen LogP contribution in [-0.2, 0) is 9.53 Å². The number of ether oxygens (including phenoxy) is 2. The molecule has 1 aromatic rings. The molecule has 0 unspecified atom stereocenters. The van der Waals surface area contributed by atoms with Gasteiger partial charge >= 0.3 is 5.97 Å². The Morgan fingerprint density at radius 1 is 1.40 bits per heavy atom. The Morgan fingerprint density at radius 2 is 2.00 bits per heavy atom. The highest BCUT2D eigenvalue weighted by Gasteiger charge is 2.15. The molecule has 0 fully saturated rings. The Bertz CT molecular complexity index is 321. The molecule has 0 heterocycles. The van der Waals surface area contributed by atoms with E-state index in [0.29, 0.717) is 18.0 Å². The zero-order valence-corrected chi connectivity index (χ0v) is 8.90. The topological polar surface area (TPSA) is 61.5 Å². The second-order valence-electron chi connectivity index (χ2n) is 3.08. The van der Waals surface area contributed by atoms with E-state index in [1.807, 2.05) is 0 Å². The highest BCUT2D eigenvalue weighted by atomic mass is 16.6. The van der Waals surface area contributed by atoms with E-state index in [1.165, 1.54) is 0 Å². The third-order valence-corrected chi connectivity index (χ3v) is 1.81. The van der Waals surface area contributed by atoms with E-state index in [0.717, 1.165) is 0 Å². The first-order valence-corrected chi connectivity index (χ1v) is 4.82. The third-order valence-electron chi connectivity index (χ3n) is 1.81. The van der Waals surface area contributed by atoms with Gasteiger partial charge in [0.1, 0.15) is 5.75 Å². The van der Waals surface area contributed by atoms with Crippen molar-refractivity contribution in [3.8, 4) is 5.75 Å². The number of benzene rings is 1. The van der Waals surface area contributed by atoms with Crippen molar-refractivity contribution >= 4 is 11.7 Å². The van der Waals surface area contributed by atoms with Gasteiger partial charge in [-0.15, -0.1) is 0 Å². The van der Waals surface area contributed by atoms with Crippen LogP contribution in [0.5, 0.6) is 5.75 Å². The summed E-state index contributed by atoms with van der Waals surface area (Å²) in [6.45, 7) is 3.76. The maximum atomic E-state index is 11.2. The molecule has 0 saturated heterocycles. The molecule has 0 spiro atoms. The van der Waals surface area contributed by atoms with Crippen LogP contribution in [0.25, 0.3) is 0 Å². The summed E-state index contributed by atoms with van der Waals surface area (Å²) in [6, 6.07) is 6.86. The van der Waals surface area contributed by atoms with Crippen LogP contribution in [0.4, 0.5) is 5.69 Å². The summed E-state index contributed by atoms with van der Waals surface area (Å²) in [5.74, 6) is 0.235. The van der Waals surface area contributed by atoms with E-state index >= 15 is 0 Å². The van der Waals surface area contributed by atoms with Crippen LogP contribution < -0.4 is 10.5 Å².